The Hall–Kier alpha value is -1.20. The second-order valence-electron chi connectivity index (χ2n) is 4.07. The first kappa shape index (κ1) is 9.99. The second-order valence-corrected chi connectivity index (χ2v) is 4.82. The summed E-state index contributed by atoms with van der Waals surface area (Å²) in [5.41, 5.74) is 2.29. The number of nitrogens with zero attached hydrogens (tertiary/aromatic N) is 2. The van der Waals surface area contributed by atoms with Crippen LogP contribution in [0.15, 0.2) is 15.3 Å². The average molecular weight is 235 g/mol. The van der Waals surface area contributed by atoms with Gasteiger partial charge in [0, 0.05) is 10.9 Å². The largest absolute Gasteiger partial charge is 0.337 e. The molecule has 0 unspecified atom stereocenters. The van der Waals surface area contributed by atoms with Gasteiger partial charge in [-0.15, -0.1) is 0 Å². The van der Waals surface area contributed by atoms with Crippen molar-refractivity contribution in [3.63, 3.8) is 0 Å². The maximum absolute atomic E-state index is 5.31. The highest BCUT2D eigenvalue weighted by Crippen LogP contribution is 2.27. The van der Waals surface area contributed by atoms with Crippen LogP contribution in [0.25, 0.3) is 11.4 Å². The summed E-state index contributed by atoms with van der Waals surface area (Å²) in [7, 11) is 0. The third-order valence-corrected chi connectivity index (χ3v) is 3.76. The van der Waals surface area contributed by atoms with Crippen LogP contribution in [-0.2, 0) is 0 Å². The molecule has 2 aromatic heterocycles. The van der Waals surface area contributed by atoms with Gasteiger partial charge in [0.05, 0.1) is 6.04 Å². The fraction of sp³-hybridized carbons (Fsp3) is 0.455. The van der Waals surface area contributed by atoms with E-state index in [9.17, 15) is 0 Å². The molecule has 0 amide bonds. The van der Waals surface area contributed by atoms with Crippen molar-refractivity contribution in [3.8, 4) is 11.4 Å². The number of aryl methyl sites for hydroxylation is 1. The Morgan fingerprint density at radius 1 is 1.50 bits per heavy atom. The molecule has 0 spiro atoms. The maximum Gasteiger partial charge on any atom is 0.244 e. The van der Waals surface area contributed by atoms with Gasteiger partial charge in [-0.05, 0) is 37.3 Å². The van der Waals surface area contributed by atoms with Crippen LogP contribution in [0, 0.1) is 6.92 Å². The number of hydrogen-bond acceptors (Lipinski definition) is 5. The molecule has 0 saturated carbocycles. The molecule has 5 heteroatoms. The van der Waals surface area contributed by atoms with E-state index in [-0.39, 0.29) is 6.04 Å². The minimum absolute atomic E-state index is 0.250. The summed E-state index contributed by atoms with van der Waals surface area (Å²) < 4.78 is 5.31. The Kier molecular flexibility index (Phi) is 2.49. The highest BCUT2D eigenvalue weighted by atomic mass is 32.1. The molecular weight excluding hydrogens is 222 g/mol. The topological polar surface area (TPSA) is 51.0 Å². The van der Waals surface area contributed by atoms with Crippen LogP contribution in [-0.4, -0.2) is 16.7 Å². The van der Waals surface area contributed by atoms with Crippen LogP contribution < -0.4 is 5.32 Å². The molecule has 2 aromatic rings. The lowest BCUT2D eigenvalue weighted by Gasteiger charge is -2.01. The standard InChI is InChI=1S/C11H13N3OS/c1-7-5-16-6-8(7)10-13-11(15-14-10)9-3-2-4-12-9/h5-6,9,12H,2-4H2,1H3/t9-/m0/s1. The van der Waals surface area contributed by atoms with E-state index >= 15 is 0 Å². The lowest BCUT2D eigenvalue weighted by molar-refractivity contribution is 0.345. The molecule has 0 radical (unpaired) electrons. The molecule has 3 rings (SSSR count). The Bertz CT molecular complexity index is 485. The summed E-state index contributed by atoms with van der Waals surface area (Å²) in [6.45, 7) is 3.11. The van der Waals surface area contributed by atoms with Crippen molar-refractivity contribution >= 4 is 11.3 Å². The highest BCUT2D eigenvalue weighted by molar-refractivity contribution is 7.08. The summed E-state index contributed by atoms with van der Waals surface area (Å²) in [6.07, 6.45) is 2.27. The SMILES string of the molecule is Cc1cscc1-c1noc([C@@H]2CCCN2)n1. The number of thiophene rings is 1. The molecule has 0 bridgehead atoms. The van der Waals surface area contributed by atoms with E-state index in [1.165, 1.54) is 12.0 Å². The quantitative estimate of drug-likeness (QED) is 0.869. The predicted octanol–water partition coefficient (Wildman–Crippen LogP) is 2.53. The van der Waals surface area contributed by atoms with E-state index in [0.717, 1.165) is 24.4 Å². The van der Waals surface area contributed by atoms with Crippen molar-refractivity contribution in [3.05, 3.63) is 22.2 Å². The molecule has 1 atom stereocenters. The zero-order chi connectivity index (χ0) is 11.0. The first-order valence-electron chi connectivity index (χ1n) is 5.45. The molecule has 1 saturated heterocycles. The molecule has 1 N–H and O–H groups in total. The minimum Gasteiger partial charge on any atom is -0.337 e. The summed E-state index contributed by atoms with van der Waals surface area (Å²) in [6, 6.07) is 0.250. The van der Waals surface area contributed by atoms with Crippen LogP contribution >= 0.6 is 11.3 Å². The van der Waals surface area contributed by atoms with Crippen molar-refractivity contribution in [2.75, 3.05) is 6.54 Å². The van der Waals surface area contributed by atoms with E-state index in [2.05, 4.69) is 33.1 Å². The zero-order valence-corrected chi connectivity index (χ0v) is 9.88. The Morgan fingerprint density at radius 3 is 3.12 bits per heavy atom. The van der Waals surface area contributed by atoms with Gasteiger partial charge < -0.3 is 9.84 Å². The van der Waals surface area contributed by atoms with Crippen LogP contribution in [0.5, 0.6) is 0 Å². The molecule has 0 aliphatic carbocycles. The lowest BCUT2D eigenvalue weighted by atomic mass is 10.2. The predicted molar refractivity (Wildman–Crippen MR) is 62.3 cm³/mol. The van der Waals surface area contributed by atoms with Crippen molar-refractivity contribution in [2.45, 2.75) is 25.8 Å². The van der Waals surface area contributed by atoms with E-state index in [4.69, 9.17) is 4.52 Å². The second kappa shape index (κ2) is 3.99. The molecule has 1 aliphatic rings. The van der Waals surface area contributed by atoms with E-state index in [1.54, 1.807) is 11.3 Å². The normalized spacial score (nSPS) is 20.4. The van der Waals surface area contributed by atoms with Gasteiger partial charge in [0.15, 0.2) is 0 Å². The lowest BCUT2D eigenvalue weighted by Crippen LogP contribution is -2.12. The summed E-state index contributed by atoms with van der Waals surface area (Å²) >= 11 is 1.67. The smallest absolute Gasteiger partial charge is 0.244 e. The third-order valence-electron chi connectivity index (χ3n) is 2.90. The molecule has 3 heterocycles. The Balaban J connectivity index is 1.90. The molecule has 4 nitrogen and oxygen atoms in total. The van der Waals surface area contributed by atoms with Gasteiger partial charge in [0.2, 0.25) is 11.7 Å². The number of nitrogens with one attached hydrogen (secondary N) is 1. The van der Waals surface area contributed by atoms with Crippen LogP contribution in [0.2, 0.25) is 0 Å². The van der Waals surface area contributed by atoms with Gasteiger partial charge >= 0.3 is 0 Å². The van der Waals surface area contributed by atoms with Gasteiger partial charge in [-0.2, -0.15) is 16.3 Å². The molecule has 1 fully saturated rings. The Labute approximate surface area is 97.7 Å². The van der Waals surface area contributed by atoms with Gasteiger partial charge in [-0.1, -0.05) is 5.16 Å². The van der Waals surface area contributed by atoms with Gasteiger partial charge in [0.1, 0.15) is 0 Å². The molecule has 0 aromatic carbocycles. The molecule has 16 heavy (non-hydrogen) atoms. The fourth-order valence-corrected chi connectivity index (χ4v) is 2.80. The van der Waals surface area contributed by atoms with Crippen molar-refractivity contribution < 1.29 is 4.52 Å². The molecule has 1 aliphatic heterocycles. The van der Waals surface area contributed by atoms with E-state index in [0.29, 0.717) is 5.82 Å². The van der Waals surface area contributed by atoms with Gasteiger partial charge in [-0.25, -0.2) is 0 Å². The Morgan fingerprint density at radius 2 is 2.44 bits per heavy atom. The summed E-state index contributed by atoms with van der Waals surface area (Å²) in [5.74, 6) is 1.43. The summed E-state index contributed by atoms with van der Waals surface area (Å²) in [5, 5.41) is 11.6. The number of hydrogen-bond donors (Lipinski definition) is 1. The van der Waals surface area contributed by atoms with Crippen LogP contribution in [0.3, 0.4) is 0 Å². The maximum atomic E-state index is 5.31. The van der Waals surface area contributed by atoms with Crippen molar-refractivity contribution in [1.29, 1.82) is 0 Å². The van der Waals surface area contributed by atoms with Crippen molar-refractivity contribution in [2.24, 2.45) is 0 Å². The first-order valence-corrected chi connectivity index (χ1v) is 6.39. The zero-order valence-electron chi connectivity index (χ0n) is 9.06. The van der Waals surface area contributed by atoms with Crippen LogP contribution in [0.1, 0.15) is 30.3 Å². The number of rotatable bonds is 2. The summed E-state index contributed by atoms with van der Waals surface area (Å²) in [4.78, 5) is 4.46. The average Bonchev–Trinajstić information content (AvgIpc) is 2.96. The van der Waals surface area contributed by atoms with E-state index in [1.807, 2.05) is 0 Å². The molecular formula is C11H13N3OS. The van der Waals surface area contributed by atoms with Gasteiger partial charge in [0.25, 0.3) is 0 Å². The molecule has 84 valence electrons. The third kappa shape index (κ3) is 1.66. The highest BCUT2D eigenvalue weighted by Gasteiger charge is 2.23. The van der Waals surface area contributed by atoms with Gasteiger partial charge in [-0.3, -0.25) is 0 Å². The fourth-order valence-electron chi connectivity index (χ4n) is 1.97. The first-order chi connectivity index (χ1) is 7.84. The monoisotopic (exact) mass is 235 g/mol. The van der Waals surface area contributed by atoms with E-state index < -0.39 is 0 Å². The van der Waals surface area contributed by atoms with Crippen LogP contribution in [0.4, 0.5) is 0 Å². The minimum atomic E-state index is 0.250. The van der Waals surface area contributed by atoms with Crippen molar-refractivity contribution in [1.82, 2.24) is 15.5 Å². The number of aromatic nitrogens is 2.